The molecule has 1 aliphatic heterocycles. The number of ether oxygens (including phenoxy) is 3. The first-order valence-corrected chi connectivity index (χ1v) is 7.97. The Bertz CT molecular complexity index is 642. The number of hydrogen-bond donors (Lipinski definition) is 0. The van der Waals surface area contributed by atoms with E-state index in [1.807, 2.05) is 24.4 Å². The summed E-state index contributed by atoms with van der Waals surface area (Å²) in [4.78, 5) is 15.2. The number of rotatable bonds is 6. The number of fused-ring (bicyclic) bond motifs is 1. The molecule has 1 aliphatic rings. The van der Waals surface area contributed by atoms with E-state index in [4.69, 9.17) is 14.2 Å². The van der Waals surface area contributed by atoms with Gasteiger partial charge in [0.05, 0.1) is 6.54 Å². The molecule has 22 heavy (non-hydrogen) atoms. The SMILES string of the molecule is CCN(Cc1cccs1)C(=O)COc1ccc2c(c1)OCO2. The molecule has 116 valence electrons. The average Bonchev–Trinajstić information content (AvgIpc) is 3.20. The van der Waals surface area contributed by atoms with Gasteiger partial charge in [0.25, 0.3) is 5.91 Å². The van der Waals surface area contributed by atoms with Crippen molar-refractivity contribution in [3.8, 4) is 17.2 Å². The van der Waals surface area contributed by atoms with Gasteiger partial charge in [0.1, 0.15) is 5.75 Å². The van der Waals surface area contributed by atoms with Gasteiger partial charge in [-0.05, 0) is 30.5 Å². The van der Waals surface area contributed by atoms with Crippen LogP contribution in [0.1, 0.15) is 11.8 Å². The maximum atomic E-state index is 12.3. The van der Waals surface area contributed by atoms with Gasteiger partial charge in [0.2, 0.25) is 6.79 Å². The van der Waals surface area contributed by atoms with Crippen LogP contribution in [0.4, 0.5) is 0 Å². The second-order valence-electron chi connectivity index (χ2n) is 4.79. The molecule has 6 heteroatoms. The van der Waals surface area contributed by atoms with Crippen molar-refractivity contribution in [1.29, 1.82) is 0 Å². The summed E-state index contributed by atoms with van der Waals surface area (Å²) in [7, 11) is 0. The zero-order chi connectivity index (χ0) is 15.4. The lowest BCUT2D eigenvalue weighted by Crippen LogP contribution is -2.34. The molecule has 0 bridgehead atoms. The molecular formula is C16H17NO4S. The van der Waals surface area contributed by atoms with Crippen LogP contribution in [0.5, 0.6) is 17.2 Å². The van der Waals surface area contributed by atoms with Crippen LogP contribution in [0.25, 0.3) is 0 Å². The van der Waals surface area contributed by atoms with Gasteiger partial charge in [0.15, 0.2) is 18.1 Å². The summed E-state index contributed by atoms with van der Waals surface area (Å²) < 4.78 is 16.1. The van der Waals surface area contributed by atoms with Gasteiger partial charge >= 0.3 is 0 Å². The first kappa shape index (κ1) is 14.7. The minimum atomic E-state index is -0.0337. The number of amides is 1. The van der Waals surface area contributed by atoms with Gasteiger partial charge in [-0.1, -0.05) is 6.07 Å². The van der Waals surface area contributed by atoms with Gasteiger partial charge in [-0.3, -0.25) is 4.79 Å². The van der Waals surface area contributed by atoms with E-state index in [1.54, 1.807) is 34.4 Å². The molecule has 1 aromatic heterocycles. The van der Waals surface area contributed by atoms with Crippen LogP contribution in [0.2, 0.25) is 0 Å². The fourth-order valence-electron chi connectivity index (χ4n) is 2.17. The van der Waals surface area contributed by atoms with Gasteiger partial charge in [-0.25, -0.2) is 0 Å². The number of carbonyl (C=O) groups is 1. The third-order valence-corrected chi connectivity index (χ3v) is 4.23. The van der Waals surface area contributed by atoms with Gasteiger partial charge in [-0.2, -0.15) is 0 Å². The molecule has 0 saturated carbocycles. The Morgan fingerprint density at radius 2 is 2.18 bits per heavy atom. The van der Waals surface area contributed by atoms with Crippen molar-refractivity contribution in [3.05, 3.63) is 40.6 Å². The van der Waals surface area contributed by atoms with Crippen molar-refractivity contribution in [1.82, 2.24) is 4.90 Å². The average molecular weight is 319 g/mol. The maximum absolute atomic E-state index is 12.3. The summed E-state index contributed by atoms with van der Waals surface area (Å²) in [5.41, 5.74) is 0. The van der Waals surface area contributed by atoms with Crippen molar-refractivity contribution >= 4 is 17.2 Å². The quantitative estimate of drug-likeness (QED) is 0.821. The van der Waals surface area contributed by atoms with Gasteiger partial charge in [0, 0.05) is 17.5 Å². The number of thiophene rings is 1. The largest absolute Gasteiger partial charge is 0.484 e. The predicted molar refractivity (Wildman–Crippen MR) is 83.5 cm³/mol. The minimum absolute atomic E-state index is 0.0128. The van der Waals surface area contributed by atoms with E-state index in [-0.39, 0.29) is 19.3 Å². The summed E-state index contributed by atoms with van der Waals surface area (Å²) in [5, 5.41) is 2.01. The lowest BCUT2D eigenvalue weighted by atomic mass is 10.3. The smallest absolute Gasteiger partial charge is 0.260 e. The van der Waals surface area contributed by atoms with Crippen LogP contribution < -0.4 is 14.2 Å². The van der Waals surface area contributed by atoms with E-state index in [0.717, 1.165) is 0 Å². The predicted octanol–water partition coefficient (Wildman–Crippen LogP) is 2.90. The van der Waals surface area contributed by atoms with E-state index in [1.165, 1.54) is 4.88 Å². The van der Waals surface area contributed by atoms with E-state index in [0.29, 0.717) is 30.3 Å². The van der Waals surface area contributed by atoms with Crippen LogP contribution in [0, 0.1) is 0 Å². The van der Waals surface area contributed by atoms with Crippen molar-refractivity contribution in [2.45, 2.75) is 13.5 Å². The third-order valence-electron chi connectivity index (χ3n) is 3.37. The number of carbonyl (C=O) groups excluding carboxylic acids is 1. The Balaban J connectivity index is 1.56. The van der Waals surface area contributed by atoms with E-state index in [9.17, 15) is 4.79 Å². The second-order valence-corrected chi connectivity index (χ2v) is 5.82. The van der Waals surface area contributed by atoms with Crippen molar-refractivity contribution < 1.29 is 19.0 Å². The summed E-state index contributed by atoms with van der Waals surface area (Å²) in [6, 6.07) is 9.31. The first-order valence-electron chi connectivity index (χ1n) is 7.09. The van der Waals surface area contributed by atoms with Crippen LogP contribution in [-0.4, -0.2) is 30.8 Å². The van der Waals surface area contributed by atoms with Crippen LogP contribution in [-0.2, 0) is 11.3 Å². The molecule has 0 saturated heterocycles. The third kappa shape index (κ3) is 3.33. The molecule has 0 spiro atoms. The van der Waals surface area contributed by atoms with Gasteiger partial charge < -0.3 is 19.1 Å². The number of likely N-dealkylation sites (N-methyl/N-ethyl adjacent to an activating group) is 1. The van der Waals surface area contributed by atoms with E-state index >= 15 is 0 Å². The number of nitrogens with zero attached hydrogens (tertiary/aromatic N) is 1. The normalized spacial score (nSPS) is 12.2. The second kappa shape index (κ2) is 6.70. The van der Waals surface area contributed by atoms with E-state index in [2.05, 4.69) is 0 Å². The molecule has 1 amide bonds. The van der Waals surface area contributed by atoms with Crippen molar-refractivity contribution in [2.75, 3.05) is 19.9 Å². The van der Waals surface area contributed by atoms with Crippen molar-refractivity contribution in [2.24, 2.45) is 0 Å². The zero-order valence-corrected chi connectivity index (χ0v) is 13.1. The van der Waals surface area contributed by atoms with Crippen LogP contribution >= 0.6 is 11.3 Å². The summed E-state index contributed by atoms with van der Waals surface area (Å²) in [6.07, 6.45) is 0. The maximum Gasteiger partial charge on any atom is 0.260 e. The Morgan fingerprint density at radius 3 is 2.95 bits per heavy atom. The molecule has 2 heterocycles. The summed E-state index contributed by atoms with van der Waals surface area (Å²) in [6.45, 7) is 3.48. The molecule has 0 fully saturated rings. The number of benzene rings is 1. The van der Waals surface area contributed by atoms with E-state index < -0.39 is 0 Å². The summed E-state index contributed by atoms with van der Waals surface area (Å²) in [5.74, 6) is 1.92. The number of hydrogen-bond acceptors (Lipinski definition) is 5. The standard InChI is InChI=1S/C16H17NO4S/c1-2-17(9-13-4-3-7-22-13)16(18)10-19-12-5-6-14-15(8-12)21-11-20-14/h3-8H,2,9-11H2,1H3. The van der Waals surface area contributed by atoms with Crippen LogP contribution in [0.15, 0.2) is 35.7 Å². The molecule has 0 N–H and O–H groups in total. The molecule has 5 nitrogen and oxygen atoms in total. The fourth-order valence-corrected chi connectivity index (χ4v) is 2.89. The molecule has 2 aromatic rings. The fraction of sp³-hybridized carbons (Fsp3) is 0.312. The molecule has 0 aliphatic carbocycles. The Morgan fingerprint density at radius 1 is 1.32 bits per heavy atom. The topological polar surface area (TPSA) is 48.0 Å². The molecule has 3 rings (SSSR count). The molecule has 0 unspecified atom stereocenters. The first-order chi connectivity index (χ1) is 10.8. The highest BCUT2D eigenvalue weighted by molar-refractivity contribution is 7.09. The lowest BCUT2D eigenvalue weighted by Gasteiger charge is -2.20. The Hall–Kier alpha value is -2.21. The molecule has 1 aromatic carbocycles. The Labute approximate surface area is 133 Å². The molecular weight excluding hydrogens is 302 g/mol. The highest BCUT2D eigenvalue weighted by atomic mass is 32.1. The van der Waals surface area contributed by atoms with Crippen molar-refractivity contribution in [3.63, 3.8) is 0 Å². The monoisotopic (exact) mass is 319 g/mol. The minimum Gasteiger partial charge on any atom is -0.484 e. The van der Waals surface area contributed by atoms with Crippen LogP contribution in [0.3, 0.4) is 0 Å². The zero-order valence-electron chi connectivity index (χ0n) is 12.3. The molecule has 0 atom stereocenters. The summed E-state index contributed by atoms with van der Waals surface area (Å²) >= 11 is 1.65. The molecule has 0 radical (unpaired) electrons. The van der Waals surface area contributed by atoms with Gasteiger partial charge in [-0.15, -0.1) is 11.3 Å². The lowest BCUT2D eigenvalue weighted by molar-refractivity contribution is -0.133. The Kier molecular flexibility index (Phi) is 4.48. The highest BCUT2D eigenvalue weighted by Crippen LogP contribution is 2.35. The highest BCUT2D eigenvalue weighted by Gasteiger charge is 2.16.